The van der Waals surface area contributed by atoms with Crippen molar-refractivity contribution in [2.24, 2.45) is 7.05 Å². The zero-order valence-corrected chi connectivity index (χ0v) is 15.4. The van der Waals surface area contributed by atoms with Crippen LogP contribution in [0.3, 0.4) is 0 Å². The van der Waals surface area contributed by atoms with E-state index in [1.807, 2.05) is 54.1 Å². The molecule has 0 spiro atoms. The smallest absolute Gasteiger partial charge is 0.252 e. The number of para-hydroxylation sites is 2. The summed E-state index contributed by atoms with van der Waals surface area (Å²) in [5.74, 6) is 0.280. The molecule has 3 aromatic carbocycles. The number of rotatable bonds is 5. The largest absolute Gasteiger partial charge is 0.345 e. The molecular weight excluding hydrogens is 350 g/mol. The molecule has 4 aromatic rings. The maximum absolute atomic E-state index is 12.8. The number of benzene rings is 3. The van der Waals surface area contributed by atoms with Crippen molar-refractivity contribution >= 4 is 22.7 Å². The van der Waals surface area contributed by atoms with E-state index in [1.165, 1.54) is 0 Å². The molecule has 0 fully saturated rings. The SMILES string of the molecule is Cn1c(CNC(=O)c2ccccc2C(=O)c2ccccc2)nc2ccccc21. The quantitative estimate of drug-likeness (QED) is 0.545. The van der Waals surface area contributed by atoms with Crippen molar-refractivity contribution in [1.82, 2.24) is 14.9 Å². The monoisotopic (exact) mass is 369 g/mol. The van der Waals surface area contributed by atoms with Gasteiger partial charge < -0.3 is 9.88 Å². The fourth-order valence-electron chi connectivity index (χ4n) is 3.23. The van der Waals surface area contributed by atoms with Crippen LogP contribution in [0.5, 0.6) is 0 Å². The Bertz CT molecular complexity index is 1160. The van der Waals surface area contributed by atoms with E-state index in [-0.39, 0.29) is 18.2 Å². The predicted molar refractivity (Wildman–Crippen MR) is 108 cm³/mol. The summed E-state index contributed by atoms with van der Waals surface area (Å²) < 4.78 is 1.95. The van der Waals surface area contributed by atoms with Crippen LogP contribution >= 0.6 is 0 Å². The second-order valence-electron chi connectivity index (χ2n) is 6.50. The van der Waals surface area contributed by atoms with Gasteiger partial charge in [0.1, 0.15) is 5.82 Å². The number of carbonyl (C=O) groups is 2. The first kappa shape index (κ1) is 17.7. The first-order valence-corrected chi connectivity index (χ1v) is 9.02. The number of amides is 1. The van der Waals surface area contributed by atoms with E-state index in [4.69, 9.17) is 0 Å². The summed E-state index contributed by atoms with van der Waals surface area (Å²) in [6, 6.07) is 23.6. The highest BCUT2D eigenvalue weighted by molar-refractivity contribution is 6.15. The zero-order chi connectivity index (χ0) is 19.5. The molecule has 0 saturated carbocycles. The lowest BCUT2D eigenvalue weighted by Gasteiger charge is -2.10. The number of hydrogen-bond donors (Lipinski definition) is 1. The van der Waals surface area contributed by atoms with Crippen molar-refractivity contribution in [3.05, 3.63) is 101 Å². The molecule has 0 aliphatic rings. The first-order chi connectivity index (χ1) is 13.6. The topological polar surface area (TPSA) is 64.0 Å². The highest BCUT2D eigenvalue weighted by Crippen LogP contribution is 2.16. The van der Waals surface area contributed by atoms with Crippen molar-refractivity contribution in [3.8, 4) is 0 Å². The molecule has 1 heterocycles. The van der Waals surface area contributed by atoms with Crippen LogP contribution in [0.1, 0.15) is 32.1 Å². The van der Waals surface area contributed by atoms with Gasteiger partial charge in [-0.2, -0.15) is 0 Å². The summed E-state index contributed by atoms with van der Waals surface area (Å²) >= 11 is 0. The molecule has 0 unspecified atom stereocenters. The second-order valence-corrected chi connectivity index (χ2v) is 6.50. The van der Waals surface area contributed by atoms with Crippen molar-refractivity contribution in [1.29, 1.82) is 0 Å². The molecule has 0 aliphatic carbocycles. The Labute approximate surface area is 162 Å². The number of fused-ring (bicyclic) bond motifs is 1. The van der Waals surface area contributed by atoms with E-state index in [0.29, 0.717) is 16.7 Å². The van der Waals surface area contributed by atoms with Crippen molar-refractivity contribution < 1.29 is 9.59 Å². The lowest BCUT2D eigenvalue weighted by atomic mass is 9.98. The van der Waals surface area contributed by atoms with E-state index >= 15 is 0 Å². The fraction of sp³-hybridized carbons (Fsp3) is 0.0870. The summed E-state index contributed by atoms with van der Waals surface area (Å²) in [5, 5.41) is 2.89. The molecule has 5 heteroatoms. The zero-order valence-electron chi connectivity index (χ0n) is 15.4. The van der Waals surface area contributed by atoms with Gasteiger partial charge in [0.15, 0.2) is 5.78 Å². The third-order valence-corrected chi connectivity index (χ3v) is 4.74. The van der Waals surface area contributed by atoms with Crippen LogP contribution in [0.4, 0.5) is 0 Å². The predicted octanol–water partition coefficient (Wildman–Crippen LogP) is 3.73. The molecule has 0 aliphatic heterocycles. The molecule has 0 saturated heterocycles. The minimum atomic E-state index is -0.299. The summed E-state index contributed by atoms with van der Waals surface area (Å²) in [6.07, 6.45) is 0. The Morgan fingerprint density at radius 3 is 2.25 bits per heavy atom. The average molecular weight is 369 g/mol. The number of hydrogen-bond acceptors (Lipinski definition) is 3. The van der Waals surface area contributed by atoms with Crippen molar-refractivity contribution in [3.63, 3.8) is 0 Å². The van der Waals surface area contributed by atoms with E-state index in [9.17, 15) is 9.59 Å². The number of nitrogens with zero attached hydrogens (tertiary/aromatic N) is 2. The summed E-state index contributed by atoms with van der Waals surface area (Å²) in [4.78, 5) is 30.2. The van der Waals surface area contributed by atoms with Crippen LogP contribution in [-0.4, -0.2) is 21.2 Å². The van der Waals surface area contributed by atoms with Gasteiger partial charge in [-0.05, 0) is 18.2 Å². The van der Waals surface area contributed by atoms with E-state index in [2.05, 4.69) is 10.3 Å². The number of aromatic nitrogens is 2. The third kappa shape index (κ3) is 3.30. The number of carbonyl (C=O) groups excluding carboxylic acids is 2. The van der Waals surface area contributed by atoms with Crippen LogP contribution in [0.25, 0.3) is 11.0 Å². The van der Waals surface area contributed by atoms with Gasteiger partial charge in [-0.15, -0.1) is 0 Å². The van der Waals surface area contributed by atoms with Gasteiger partial charge in [0.05, 0.1) is 23.1 Å². The molecule has 28 heavy (non-hydrogen) atoms. The third-order valence-electron chi connectivity index (χ3n) is 4.74. The molecule has 138 valence electrons. The molecule has 4 rings (SSSR count). The molecule has 5 nitrogen and oxygen atoms in total. The van der Waals surface area contributed by atoms with Crippen molar-refractivity contribution in [2.75, 3.05) is 0 Å². The molecule has 1 aromatic heterocycles. The molecule has 1 N–H and O–H groups in total. The second kappa shape index (κ2) is 7.48. The Kier molecular flexibility index (Phi) is 4.72. The maximum Gasteiger partial charge on any atom is 0.252 e. The van der Waals surface area contributed by atoms with Crippen molar-refractivity contribution in [2.45, 2.75) is 6.54 Å². The number of ketones is 1. The van der Waals surface area contributed by atoms with Gasteiger partial charge in [-0.1, -0.05) is 60.7 Å². The highest BCUT2D eigenvalue weighted by atomic mass is 16.2. The van der Waals surface area contributed by atoms with Gasteiger partial charge in [0.25, 0.3) is 5.91 Å². The minimum Gasteiger partial charge on any atom is -0.345 e. The van der Waals surface area contributed by atoms with Crippen LogP contribution in [0.2, 0.25) is 0 Å². The van der Waals surface area contributed by atoms with Crippen LogP contribution in [0, 0.1) is 0 Å². The minimum absolute atomic E-state index is 0.172. The van der Waals surface area contributed by atoms with E-state index < -0.39 is 0 Å². The highest BCUT2D eigenvalue weighted by Gasteiger charge is 2.18. The van der Waals surface area contributed by atoms with Crippen LogP contribution < -0.4 is 5.32 Å². The summed E-state index contributed by atoms with van der Waals surface area (Å²) in [5.41, 5.74) is 3.18. The standard InChI is InChI=1S/C23H19N3O2/c1-26-20-14-8-7-13-19(20)25-21(26)15-24-23(28)18-12-6-5-11-17(18)22(27)16-9-3-2-4-10-16/h2-14H,15H2,1H3,(H,24,28). The van der Waals surface area contributed by atoms with Gasteiger partial charge in [-0.25, -0.2) is 4.98 Å². The molecule has 0 bridgehead atoms. The normalized spacial score (nSPS) is 10.8. The van der Waals surface area contributed by atoms with Gasteiger partial charge >= 0.3 is 0 Å². The Morgan fingerprint density at radius 2 is 1.50 bits per heavy atom. The van der Waals surface area contributed by atoms with E-state index in [1.54, 1.807) is 36.4 Å². The molecule has 0 radical (unpaired) electrons. The number of imidazole rings is 1. The average Bonchev–Trinajstić information content (AvgIpc) is 3.08. The lowest BCUT2D eigenvalue weighted by Crippen LogP contribution is -2.26. The van der Waals surface area contributed by atoms with Crippen LogP contribution in [-0.2, 0) is 13.6 Å². The molecule has 1 amide bonds. The maximum atomic E-state index is 12.8. The fourth-order valence-corrected chi connectivity index (χ4v) is 3.23. The van der Waals surface area contributed by atoms with Crippen LogP contribution in [0.15, 0.2) is 78.9 Å². The van der Waals surface area contributed by atoms with E-state index in [0.717, 1.165) is 16.9 Å². The Balaban J connectivity index is 1.57. The van der Waals surface area contributed by atoms with Gasteiger partial charge in [0.2, 0.25) is 0 Å². The summed E-state index contributed by atoms with van der Waals surface area (Å²) in [7, 11) is 1.92. The number of nitrogens with one attached hydrogen (secondary N) is 1. The summed E-state index contributed by atoms with van der Waals surface area (Å²) in [6.45, 7) is 0.276. The van der Waals surface area contributed by atoms with Gasteiger partial charge in [-0.3, -0.25) is 9.59 Å². The van der Waals surface area contributed by atoms with Gasteiger partial charge in [0, 0.05) is 18.2 Å². The first-order valence-electron chi connectivity index (χ1n) is 9.02. The lowest BCUT2D eigenvalue weighted by molar-refractivity contribution is 0.0938. The number of aryl methyl sites for hydroxylation is 1. The molecule has 0 atom stereocenters. The Morgan fingerprint density at radius 1 is 0.857 bits per heavy atom. The molecular formula is C23H19N3O2. The Hall–Kier alpha value is -3.73.